The number of rotatable bonds is 5. The highest BCUT2D eigenvalue weighted by Crippen LogP contribution is 2.32. The Hall–Kier alpha value is -1.51. The normalized spacial score (nSPS) is 17.3. The molecule has 24 heavy (non-hydrogen) atoms. The van der Waals surface area contributed by atoms with Gasteiger partial charge in [-0.1, -0.05) is 6.92 Å². The molecule has 1 aliphatic rings. The number of hydrogen-bond acceptors (Lipinski definition) is 4. The van der Waals surface area contributed by atoms with E-state index in [2.05, 4.69) is 27.9 Å². The lowest BCUT2D eigenvalue weighted by Crippen LogP contribution is -2.49. The summed E-state index contributed by atoms with van der Waals surface area (Å²) in [5.41, 5.74) is 0.593. The van der Waals surface area contributed by atoms with Gasteiger partial charge in [-0.2, -0.15) is 0 Å². The summed E-state index contributed by atoms with van der Waals surface area (Å²) >= 11 is 2.13. The molecular weight excluding hydrogens is 423 g/mol. The Morgan fingerprint density at radius 1 is 1.29 bits per heavy atom. The summed E-state index contributed by atoms with van der Waals surface area (Å²) in [5, 5.41) is 2.98. The van der Waals surface area contributed by atoms with E-state index in [1.807, 2.05) is 6.92 Å². The maximum atomic E-state index is 12.9. The number of nitrogens with one attached hydrogen (secondary N) is 1. The average molecular weight is 446 g/mol. The van der Waals surface area contributed by atoms with E-state index < -0.39 is 0 Å². The Labute approximate surface area is 156 Å². The molecule has 1 aromatic rings. The Kier molecular flexibility index (Phi) is 6.70. The standard InChI is InChI=1S/C17H23IN2O4/c1-4-16(21)19-11-6-5-7-20(10-11)17(22)12-8-14(23-2)15(24-3)9-13(12)18/h8-9,11H,4-7,10H2,1-3H3,(H,19,21). The topological polar surface area (TPSA) is 67.9 Å². The molecule has 1 aliphatic heterocycles. The summed E-state index contributed by atoms with van der Waals surface area (Å²) < 4.78 is 11.4. The van der Waals surface area contributed by atoms with Gasteiger partial charge in [-0.15, -0.1) is 0 Å². The van der Waals surface area contributed by atoms with Crippen LogP contribution in [0.4, 0.5) is 0 Å². The van der Waals surface area contributed by atoms with Gasteiger partial charge in [0.05, 0.1) is 19.8 Å². The van der Waals surface area contributed by atoms with Crippen molar-refractivity contribution in [3.05, 3.63) is 21.3 Å². The number of likely N-dealkylation sites (tertiary alicyclic amines) is 1. The van der Waals surface area contributed by atoms with Crippen LogP contribution in [0.15, 0.2) is 12.1 Å². The van der Waals surface area contributed by atoms with E-state index in [9.17, 15) is 9.59 Å². The zero-order valence-corrected chi connectivity index (χ0v) is 16.4. The fraction of sp³-hybridized carbons (Fsp3) is 0.529. The minimum absolute atomic E-state index is 0.0213. The highest BCUT2D eigenvalue weighted by Gasteiger charge is 2.27. The van der Waals surface area contributed by atoms with Gasteiger partial charge in [0.25, 0.3) is 5.91 Å². The summed E-state index contributed by atoms with van der Waals surface area (Å²) in [7, 11) is 3.12. The molecule has 0 saturated carbocycles. The van der Waals surface area contributed by atoms with Crippen LogP contribution in [0.2, 0.25) is 0 Å². The predicted octanol–water partition coefficient (Wildman–Crippen LogP) is 2.44. The van der Waals surface area contributed by atoms with Crippen LogP contribution in [0.25, 0.3) is 0 Å². The molecule has 1 aromatic carbocycles. The van der Waals surface area contributed by atoms with E-state index in [-0.39, 0.29) is 17.9 Å². The molecule has 2 rings (SSSR count). The minimum Gasteiger partial charge on any atom is -0.493 e. The van der Waals surface area contributed by atoms with Gasteiger partial charge in [0, 0.05) is 29.1 Å². The zero-order chi connectivity index (χ0) is 17.7. The SMILES string of the molecule is CCC(=O)NC1CCCN(C(=O)c2cc(OC)c(OC)cc2I)C1. The molecule has 0 radical (unpaired) electrons. The number of hydrogen-bond donors (Lipinski definition) is 1. The van der Waals surface area contributed by atoms with Crippen LogP contribution in [-0.4, -0.2) is 50.1 Å². The van der Waals surface area contributed by atoms with E-state index in [0.29, 0.717) is 36.6 Å². The smallest absolute Gasteiger partial charge is 0.255 e. The average Bonchev–Trinajstić information content (AvgIpc) is 2.60. The first-order valence-corrected chi connectivity index (χ1v) is 9.08. The number of carbonyl (C=O) groups excluding carboxylic acids is 2. The molecule has 1 saturated heterocycles. The number of ether oxygens (including phenoxy) is 2. The maximum Gasteiger partial charge on any atom is 0.255 e. The second kappa shape index (κ2) is 8.55. The van der Waals surface area contributed by atoms with Crippen molar-refractivity contribution < 1.29 is 19.1 Å². The van der Waals surface area contributed by atoms with Crippen molar-refractivity contribution in [2.75, 3.05) is 27.3 Å². The number of benzene rings is 1. The summed E-state index contributed by atoms with van der Waals surface area (Å²) in [6.45, 7) is 3.06. The molecule has 1 fully saturated rings. The molecule has 1 N–H and O–H groups in total. The molecule has 1 atom stereocenters. The molecule has 1 heterocycles. The fourth-order valence-electron chi connectivity index (χ4n) is 2.80. The molecule has 1 unspecified atom stereocenters. The maximum absolute atomic E-state index is 12.9. The third kappa shape index (κ3) is 4.31. The van der Waals surface area contributed by atoms with E-state index in [1.165, 1.54) is 0 Å². The second-order valence-corrected chi connectivity index (χ2v) is 6.86. The molecule has 6 nitrogen and oxygen atoms in total. The van der Waals surface area contributed by atoms with Crippen LogP contribution in [0.5, 0.6) is 11.5 Å². The molecule has 0 spiro atoms. The number of carbonyl (C=O) groups is 2. The monoisotopic (exact) mass is 446 g/mol. The van der Waals surface area contributed by atoms with E-state index >= 15 is 0 Å². The first-order valence-electron chi connectivity index (χ1n) is 8.00. The molecule has 7 heteroatoms. The summed E-state index contributed by atoms with van der Waals surface area (Å²) in [4.78, 5) is 26.3. The Morgan fingerprint density at radius 3 is 2.58 bits per heavy atom. The summed E-state index contributed by atoms with van der Waals surface area (Å²) in [6.07, 6.45) is 2.24. The molecule has 0 aliphatic carbocycles. The highest BCUT2D eigenvalue weighted by molar-refractivity contribution is 14.1. The quantitative estimate of drug-likeness (QED) is 0.706. The van der Waals surface area contributed by atoms with Crippen LogP contribution >= 0.6 is 22.6 Å². The Morgan fingerprint density at radius 2 is 1.96 bits per heavy atom. The second-order valence-electron chi connectivity index (χ2n) is 5.70. The van der Waals surface area contributed by atoms with Gasteiger partial charge >= 0.3 is 0 Å². The first kappa shape index (κ1) is 18.8. The Balaban J connectivity index is 2.17. The van der Waals surface area contributed by atoms with Crippen molar-refractivity contribution in [2.45, 2.75) is 32.2 Å². The lowest BCUT2D eigenvalue weighted by molar-refractivity contribution is -0.121. The van der Waals surface area contributed by atoms with Crippen LogP contribution in [0, 0.1) is 3.57 Å². The minimum atomic E-state index is -0.0456. The molecule has 0 bridgehead atoms. The van der Waals surface area contributed by atoms with Gasteiger partial charge in [0.15, 0.2) is 11.5 Å². The number of nitrogens with zero attached hydrogens (tertiary/aromatic N) is 1. The van der Waals surface area contributed by atoms with E-state index in [0.717, 1.165) is 16.4 Å². The zero-order valence-electron chi connectivity index (χ0n) is 14.2. The summed E-state index contributed by atoms with van der Waals surface area (Å²) in [5.74, 6) is 1.12. The number of amides is 2. The van der Waals surface area contributed by atoms with Gasteiger partial charge in [-0.25, -0.2) is 0 Å². The third-order valence-corrected chi connectivity index (χ3v) is 4.99. The van der Waals surface area contributed by atoms with Crippen LogP contribution in [-0.2, 0) is 4.79 Å². The van der Waals surface area contributed by atoms with Gasteiger partial charge in [0.1, 0.15) is 0 Å². The lowest BCUT2D eigenvalue weighted by atomic mass is 10.0. The van der Waals surface area contributed by atoms with Crippen molar-refractivity contribution in [3.8, 4) is 11.5 Å². The van der Waals surface area contributed by atoms with Crippen molar-refractivity contribution in [1.29, 1.82) is 0 Å². The number of halogens is 1. The highest BCUT2D eigenvalue weighted by atomic mass is 127. The fourth-order valence-corrected chi connectivity index (χ4v) is 3.47. The van der Waals surface area contributed by atoms with E-state index in [4.69, 9.17) is 9.47 Å². The van der Waals surface area contributed by atoms with Gasteiger partial charge in [-0.3, -0.25) is 9.59 Å². The third-order valence-electron chi connectivity index (χ3n) is 4.10. The summed E-state index contributed by atoms with van der Waals surface area (Å²) in [6, 6.07) is 3.54. The predicted molar refractivity (Wildman–Crippen MR) is 99.6 cm³/mol. The van der Waals surface area contributed by atoms with Gasteiger partial charge in [-0.05, 0) is 47.6 Å². The molecular formula is C17H23IN2O4. The molecule has 2 amide bonds. The van der Waals surface area contributed by atoms with E-state index in [1.54, 1.807) is 31.3 Å². The van der Waals surface area contributed by atoms with Crippen molar-refractivity contribution >= 4 is 34.4 Å². The number of methoxy groups -OCH3 is 2. The lowest BCUT2D eigenvalue weighted by Gasteiger charge is -2.33. The molecule has 132 valence electrons. The van der Waals surface area contributed by atoms with Crippen molar-refractivity contribution in [1.82, 2.24) is 10.2 Å². The van der Waals surface area contributed by atoms with Crippen LogP contribution < -0.4 is 14.8 Å². The first-order chi connectivity index (χ1) is 11.5. The molecule has 0 aromatic heterocycles. The largest absolute Gasteiger partial charge is 0.493 e. The van der Waals surface area contributed by atoms with Crippen molar-refractivity contribution in [2.24, 2.45) is 0 Å². The van der Waals surface area contributed by atoms with Gasteiger partial charge in [0.2, 0.25) is 5.91 Å². The Bertz CT molecular complexity index is 621. The number of piperidine rings is 1. The van der Waals surface area contributed by atoms with Gasteiger partial charge < -0.3 is 19.7 Å². The van der Waals surface area contributed by atoms with Crippen LogP contribution in [0.1, 0.15) is 36.5 Å². The van der Waals surface area contributed by atoms with Crippen molar-refractivity contribution in [3.63, 3.8) is 0 Å². The van der Waals surface area contributed by atoms with Crippen LogP contribution in [0.3, 0.4) is 0 Å².